The summed E-state index contributed by atoms with van der Waals surface area (Å²) in [4.78, 5) is 10.7. The van der Waals surface area contributed by atoms with E-state index in [4.69, 9.17) is 9.66 Å². The highest BCUT2D eigenvalue weighted by Gasteiger charge is 2.20. The molecular formula is C8H17NO5S. The van der Waals surface area contributed by atoms with Crippen molar-refractivity contribution in [2.75, 3.05) is 12.3 Å². The van der Waals surface area contributed by atoms with Crippen molar-refractivity contribution in [2.45, 2.75) is 26.3 Å². The van der Waals surface area contributed by atoms with E-state index in [2.05, 4.69) is 5.32 Å². The number of rotatable bonds is 7. The lowest BCUT2D eigenvalue weighted by Crippen LogP contribution is -2.41. The molecule has 0 fully saturated rings. The summed E-state index contributed by atoms with van der Waals surface area (Å²) in [7, 11) is -3.95. The molecule has 3 N–H and O–H groups in total. The van der Waals surface area contributed by atoms with Crippen molar-refractivity contribution >= 4 is 16.1 Å². The van der Waals surface area contributed by atoms with Gasteiger partial charge in [0, 0.05) is 0 Å². The van der Waals surface area contributed by atoms with Crippen LogP contribution in [0.1, 0.15) is 20.3 Å². The molecule has 0 saturated carbocycles. The molecule has 0 aliphatic carbocycles. The Balaban J connectivity index is 3.88. The highest BCUT2D eigenvalue weighted by atomic mass is 32.2. The lowest BCUT2D eigenvalue weighted by Gasteiger charge is -2.17. The Bertz CT molecular complexity index is 298. The summed E-state index contributed by atoms with van der Waals surface area (Å²) in [5.74, 6) is -1.39. The molecule has 90 valence electrons. The Hall–Kier alpha value is -0.660. The van der Waals surface area contributed by atoms with Crippen LogP contribution in [-0.2, 0) is 14.9 Å². The van der Waals surface area contributed by atoms with Gasteiger partial charge in [-0.25, -0.2) is 0 Å². The molecule has 0 aromatic carbocycles. The third-order valence-corrected chi connectivity index (χ3v) is 2.68. The van der Waals surface area contributed by atoms with E-state index in [1.54, 1.807) is 13.8 Å². The van der Waals surface area contributed by atoms with Gasteiger partial charge in [-0.2, -0.15) is 8.42 Å². The molecule has 1 atom stereocenters. The third-order valence-electron chi connectivity index (χ3n) is 1.88. The van der Waals surface area contributed by atoms with Crippen molar-refractivity contribution in [3.05, 3.63) is 0 Å². The van der Waals surface area contributed by atoms with E-state index in [-0.39, 0.29) is 24.6 Å². The lowest BCUT2D eigenvalue weighted by molar-refractivity contribution is -0.140. The largest absolute Gasteiger partial charge is 0.480 e. The van der Waals surface area contributed by atoms with Gasteiger partial charge < -0.3 is 10.4 Å². The Morgan fingerprint density at radius 3 is 2.27 bits per heavy atom. The second kappa shape index (κ2) is 6.04. The highest BCUT2D eigenvalue weighted by molar-refractivity contribution is 7.85. The molecule has 0 bridgehead atoms. The summed E-state index contributed by atoms with van der Waals surface area (Å²) in [6.45, 7) is 3.76. The van der Waals surface area contributed by atoms with Gasteiger partial charge in [0.25, 0.3) is 10.1 Å². The van der Waals surface area contributed by atoms with E-state index in [0.29, 0.717) is 0 Å². The lowest BCUT2D eigenvalue weighted by atomic mass is 10.1. The van der Waals surface area contributed by atoms with Gasteiger partial charge in [-0.3, -0.25) is 9.35 Å². The SMILES string of the molecule is CC(C)[C@@H](NCCCS(=O)(=O)O)C(=O)O. The van der Waals surface area contributed by atoms with Gasteiger partial charge in [0.2, 0.25) is 0 Å². The molecule has 0 aliphatic rings. The normalized spacial score (nSPS) is 14.1. The Morgan fingerprint density at radius 2 is 1.93 bits per heavy atom. The van der Waals surface area contributed by atoms with Crippen LogP contribution < -0.4 is 5.32 Å². The summed E-state index contributed by atoms with van der Waals surface area (Å²) in [6, 6.07) is -0.689. The number of carbonyl (C=O) groups is 1. The molecule has 6 nitrogen and oxygen atoms in total. The highest BCUT2D eigenvalue weighted by Crippen LogP contribution is 2.01. The molecule has 0 amide bonds. The van der Waals surface area contributed by atoms with Crippen molar-refractivity contribution in [1.29, 1.82) is 0 Å². The predicted octanol–water partition coefficient (Wildman–Crippen LogP) is -0.0369. The maximum Gasteiger partial charge on any atom is 0.320 e. The van der Waals surface area contributed by atoms with Crippen LogP contribution in [0.2, 0.25) is 0 Å². The van der Waals surface area contributed by atoms with Gasteiger partial charge in [-0.1, -0.05) is 13.8 Å². The summed E-state index contributed by atoms with van der Waals surface area (Å²) >= 11 is 0. The van der Waals surface area contributed by atoms with Crippen molar-refractivity contribution in [2.24, 2.45) is 5.92 Å². The molecule has 0 rings (SSSR count). The number of aliphatic carboxylic acids is 1. The average molecular weight is 239 g/mol. The molecule has 15 heavy (non-hydrogen) atoms. The standard InChI is InChI=1S/C8H17NO5S/c1-6(2)7(8(10)11)9-4-3-5-15(12,13)14/h6-7,9H,3-5H2,1-2H3,(H,10,11)(H,12,13,14)/t7-/m1/s1. The zero-order valence-electron chi connectivity index (χ0n) is 8.80. The molecule has 0 spiro atoms. The van der Waals surface area contributed by atoms with Crippen molar-refractivity contribution in [1.82, 2.24) is 5.32 Å². The first-order valence-electron chi connectivity index (χ1n) is 4.65. The first-order valence-corrected chi connectivity index (χ1v) is 6.26. The van der Waals surface area contributed by atoms with E-state index >= 15 is 0 Å². The molecule has 0 aliphatic heterocycles. The summed E-state index contributed by atoms with van der Waals surface area (Å²) in [6.07, 6.45) is 0.190. The van der Waals surface area contributed by atoms with Gasteiger partial charge in [0.05, 0.1) is 5.75 Å². The van der Waals surface area contributed by atoms with Crippen LogP contribution in [0.3, 0.4) is 0 Å². The van der Waals surface area contributed by atoms with Crippen LogP contribution in [0.25, 0.3) is 0 Å². The molecule has 7 heteroatoms. The molecule has 0 unspecified atom stereocenters. The summed E-state index contributed by atoms with van der Waals surface area (Å²) in [5.41, 5.74) is 0. The van der Waals surface area contributed by atoms with Gasteiger partial charge in [-0.15, -0.1) is 0 Å². The maximum atomic E-state index is 10.7. The molecule has 0 radical (unpaired) electrons. The van der Waals surface area contributed by atoms with Crippen LogP contribution in [0.4, 0.5) is 0 Å². The van der Waals surface area contributed by atoms with Crippen molar-refractivity contribution < 1.29 is 22.9 Å². The number of hydrogen-bond donors (Lipinski definition) is 3. The van der Waals surface area contributed by atoms with E-state index in [0.717, 1.165) is 0 Å². The van der Waals surface area contributed by atoms with Crippen LogP contribution in [0.5, 0.6) is 0 Å². The van der Waals surface area contributed by atoms with Gasteiger partial charge in [-0.05, 0) is 18.9 Å². The second-order valence-electron chi connectivity index (χ2n) is 3.65. The fraction of sp³-hybridized carbons (Fsp3) is 0.875. The number of nitrogens with one attached hydrogen (secondary N) is 1. The fourth-order valence-corrected chi connectivity index (χ4v) is 1.63. The summed E-state index contributed by atoms with van der Waals surface area (Å²) in [5, 5.41) is 11.5. The summed E-state index contributed by atoms with van der Waals surface area (Å²) < 4.78 is 29.1. The van der Waals surface area contributed by atoms with Crippen LogP contribution >= 0.6 is 0 Å². The molecule has 0 heterocycles. The average Bonchev–Trinajstić information content (AvgIpc) is 2.00. The molecule has 0 aromatic heterocycles. The quantitative estimate of drug-likeness (QED) is 0.425. The third kappa shape index (κ3) is 7.29. The second-order valence-corrected chi connectivity index (χ2v) is 5.23. The zero-order valence-corrected chi connectivity index (χ0v) is 9.62. The fourth-order valence-electron chi connectivity index (χ4n) is 1.12. The van der Waals surface area contributed by atoms with E-state index < -0.39 is 22.1 Å². The van der Waals surface area contributed by atoms with Crippen LogP contribution in [0.15, 0.2) is 0 Å². The van der Waals surface area contributed by atoms with Crippen molar-refractivity contribution in [3.63, 3.8) is 0 Å². The van der Waals surface area contributed by atoms with Gasteiger partial charge >= 0.3 is 5.97 Å². The first kappa shape index (κ1) is 14.3. The van der Waals surface area contributed by atoms with Crippen LogP contribution in [-0.4, -0.2) is 42.4 Å². The van der Waals surface area contributed by atoms with Crippen molar-refractivity contribution in [3.8, 4) is 0 Å². The first-order chi connectivity index (χ1) is 6.74. The Kier molecular flexibility index (Phi) is 5.77. The Morgan fingerprint density at radius 1 is 1.40 bits per heavy atom. The predicted molar refractivity (Wildman–Crippen MR) is 55.3 cm³/mol. The molecule has 0 aromatic rings. The zero-order chi connectivity index (χ0) is 12.1. The van der Waals surface area contributed by atoms with Crippen LogP contribution in [0, 0.1) is 5.92 Å². The number of carboxylic acids is 1. The minimum absolute atomic E-state index is 0.0757. The van der Waals surface area contributed by atoms with E-state index in [1.165, 1.54) is 0 Å². The van der Waals surface area contributed by atoms with Gasteiger partial charge in [0.1, 0.15) is 6.04 Å². The van der Waals surface area contributed by atoms with E-state index in [9.17, 15) is 13.2 Å². The molecular weight excluding hydrogens is 222 g/mol. The number of carboxylic acid groups (broad SMARTS) is 1. The monoisotopic (exact) mass is 239 g/mol. The number of hydrogen-bond acceptors (Lipinski definition) is 4. The molecule has 0 saturated heterocycles. The van der Waals surface area contributed by atoms with Gasteiger partial charge in [0.15, 0.2) is 0 Å². The minimum Gasteiger partial charge on any atom is -0.480 e. The minimum atomic E-state index is -3.95. The Labute approximate surface area is 89.4 Å². The smallest absolute Gasteiger partial charge is 0.320 e. The topological polar surface area (TPSA) is 104 Å². The maximum absolute atomic E-state index is 10.7. The van der Waals surface area contributed by atoms with E-state index in [1.807, 2.05) is 0 Å².